The van der Waals surface area contributed by atoms with Crippen LogP contribution in [-0.4, -0.2) is 20.4 Å². The Morgan fingerprint density at radius 3 is 2.50 bits per heavy atom. The minimum Gasteiger partial charge on any atom is -0.366 e. The maximum absolute atomic E-state index is 10.9. The Kier molecular flexibility index (Phi) is 3.60. The molecular weight excluding hydrogens is 260 g/mol. The Morgan fingerprint density at radius 2 is 2.00 bits per heavy atom. The predicted octanol–water partition coefficient (Wildman–Crippen LogP) is 1.60. The minimum atomic E-state index is -0.494. The lowest BCUT2D eigenvalue weighted by Crippen LogP contribution is -2.10. The van der Waals surface area contributed by atoms with Crippen molar-refractivity contribution in [1.29, 1.82) is 0 Å². The summed E-state index contributed by atoms with van der Waals surface area (Å²) in [5.41, 5.74) is 6.41. The number of amides is 1. The van der Waals surface area contributed by atoms with Crippen LogP contribution in [0.4, 0.5) is 5.82 Å². The van der Waals surface area contributed by atoms with Crippen molar-refractivity contribution in [1.82, 2.24) is 9.55 Å². The van der Waals surface area contributed by atoms with Crippen LogP contribution in [0.5, 0.6) is 0 Å². The van der Waals surface area contributed by atoms with Crippen LogP contribution < -0.4 is 5.73 Å². The number of rotatable bonds is 4. The highest BCUT2D eigenvalue weighted by molar-refractivity contribution is 5.93. The van der Waals surface area contributed by atoms with E-state index in [0.29, 0.717) is 11.4 Å². The molecule has 2 rings (SSSR count). The zero-order valence-corrected chi connectivity index (χ0v) is 10.7. The Labute approximate surface area is 114 Å². The number of hydrogen-bond donors (Lipinski definition) is 1. The molecule has 0 atom stereocenters. The van der Waals surface area contributed by atoms with Crippen molar-refractivity contribution < 1.29 is 9.72 Å². The second-order valence-electron chi connectivity index (χ2n) is 4.11. The number of benzene rings is 1. The number of nitrogens with two attached hydrogens (primary N) is 1. The van der Waals surface area contributed by atoms with Crippen molar-refractivity contribution in [2.75, 3.05) is 0 Å². The van der Waals surface area contributed by atoms with Gasteiger partial charge in [-0.1, -0.05) is 12.1 Å². The van der Waals surface area contributed by atoms with Gasteiger partial charge < -0.3 is 15.8 Å². The fourth-order valence-electron chi connectivity index (χ4n) is 1.67. The van der Waals surface area contributed by atoms with Crippen molar-refractivity contribution in [3.8, 4) is 0 Å². The third-order valence-corrected chi connectivity index (χ3v) is 2.81. The summed E-state index contributed by atoms with van der Waals surface area (Å²) in [4.78, 5) is 25.1. The molecule has 0 saturated heterocycles. The molecule has 2 aromatic rings. The molecule has 0 aliphatic carbocycles. The van der Waals surface area contributed by atoms with Gasteiger partial charge in [0.05, 0.1) is 7.05 Å². The van der Waals surface area contributed by atoms with Gasteiger partial charge in [-0.15, -0.1) is 0 Å². The van der Waals surface area contributed by atoms with Crippen molar-refractivity contribution >= 4 is 23.9 Å². The topological polar surface area (TPSA) is 104 Å². The van der Waals surface area contributed by atoms with E-state index in [0.717, 1.165) is 5.56 Å². The smallest absolute Gasteiger partial charge is 0.342 e. The molecule has 0 fully saturated rings. The van der Waals surface area contributed by atoms with Gasteiger partial charge in [0.25, 0.3) is 0 Å². The molecule has 0 spiro atoms. The maximum Gasteiger partial charge on any atom is 0.342 e. The molecule has 102 valence electrons. The second kappa shape index (κ2) is 5.35. The highest BCUT2D eigenvalue weighted by Gasteiger charge is 2.13. The number of carbonyl (C=O) groups excluding carboxylic acids is 1. The standard InChI is InChI=1S/C13H12N4O3/c1-16-11(15-8-12(16)17(19)20)7-4-9-2-5-10(6-3-9)13(14)18/h2-8H,1H3,(H2,14,18). The molecule has 7 heteroatoms. The molecule has 1 heterocycles. The predicted molar refractivity (Wildman–Crippen MR) is 73.8 cm³/mol. The second-order valence-corrected chi connectivity index (χ2v) is 4.11. The lowest BCUT2D eigenvalue weighted by Gasteiger charge is -1.97. The Hall–Kier alpha value is -2.96. The van der Waals surface area contributed by atoms with E-state index >= 15 is 0 Å². The van der Waals surface area contributed by atoms with Gasteiger partial charge in [-0.25, -0.2) is 9.55 Å². The molecule has 1 aromatic carbocycles. The van der Waals surface area contributed by atoms with Crippen molar-refractivity contribution in [3.63, 3.8) is 0 Å². The van der Waals surface area contributed by atoms with Gasteiger partial charge in [-0.05, 0) is 28.7 Å². The summed E-state index contributed by atoms with van der Waals surface area (Å²) >= 11 is 0. The third-order valence-electron chi connectivity index (χ3n) is 2.81. The van der Waals surface area contributed by atoms with Gasteiger partial charge in [-0.3, -0.25) is 4.79 Å². The first kappa shape index (κ1) is 13.5. The lowest BCUT2D eigenvalue weighted by molar-refractivity contribution is -0.391. The highest BCUT2D eigenvalue weighted by atomic mass is 16.6. The zero-order valence-electron chi connectivity index (χ0n) is 10.7. The van der Waals surface area contributed by atoms with E-state index in [2.05, 4.69) is 4.98 Å². The van der Waals surface area contributed by atoms with Gasteiger partial charge in [0.15, 0.2) is 0 Å². The summed E-state index contributed by atoms with van der Waals surface area (Å²) in [6, 6.07) is 6.69. The summed E-state index contributed by atoms with van der Waals surface area (Å²) in [6.45, 7) is 0. The van der Waals surface area contributed by atoms with Crippen LogP contribution in [0.15, 0.2) is 30.5 Å². The first-order valence-electron chi connectivity index (χ1n) is 5.73. The molecule has 7 nitrogen and oxygen atoms in total. The monoisotopic (exact) mass is 272 g/mol. The quantitative estimate of drug-likeness (QED) is 0.674. The SMILES string of the molecule is Cn1c([N+](=O)[O-])cnc1C=Cc1ccc(C(N)=O)cc1. The third kappa shape index (κ3) is 2.72. The molecule has 0 bridgehead atoms. The summed E-state index contributed by atoms with van der Waals surface area (Å²) in [5.74, 6) is -0.0929. The normalized spacial score (nSPS) is 10.8. The Bertz CT molecular complexity index is 686. The summed E-state index contributed by atoms with van der Waals surface area (Å²) in [7, 11) is 1.57. The molecule has 1 amide bonds. The van der Waals surface area contributed by atoms with E-state index < -0.39 is 10.8 Å². The molecule has 1 aromatic heterocycles. The number of primary amides is 1. The zero-order chi connectivity index (χ0) is 14.7. The van der Waals surface area contributed by atoms with E-state index in [1.165, 1.54) is 10.8 Å². The molecule has 2 N–H and O–H groups in total. The molecule has 0 aliphatic rings. The van der Waals surface area contributed by atoms with Crippen molar-refractivity contribution in [2.24, 2.45) is 12.8 Å². The summed E-state index contributed by atoms with van der Waals surface area (Å²) < 4.78 is 1.38. The lowest BCUT2D eigenvalue weighted by atomic mass is 10.1. The molecular formula is C13H12N4O3. The number of nitro groups is 1. The number of carbonyl (C=O) groups is 1. The average Bonchev–Trinajstić information content (AvgIpc) is 2.78. The van der Waals surface area contributed by atoms with Crippen LogP contribution in [0, 0.1) is 10.1 Å². The fourth-order valence-corrected chi connectivity index (χ4v) is 1.67. The minimum absolute atomic E-state index is 0.0753. The molecule has 0 unspecified atom stereocenters. The van der Waals surface area contributed by atoms with E-state index in [9.17, 15) is 14.9 Å². The molecule has 0 aliphatic heterocycles. The number of imidazole rings is 1. The molecule has 20 heavy (non-hydrogen) atoms. The van der Waals surface area contributed by atoms with Gasteiger partial charge in [-0.2, -0.15) is 0 Å². The fraction of sp³-hybridized carbons (Fsp3) is 0.0769. The van der Waals surface area contributed by atoms with Gasteiger partial charge in [0.1, 0.15) is 6.20 Å². The van der Waals surface area contributed by atoms with Gasteiger partial charge >= 0.3 is 5.82 Å². The number of nitrogens with zero attached hydrogens (tertiary/aromatic N) is 3. The first-order valence-corrected chi connectivity index (χ1v) is 5.73. The Balaban J connectivity index is 2.21. The number of aromatic nitrogens is 2. The molecule has 0 radical (unpaired) electrons. The van der Waals surface area contributed by atoms with E-state index in [1.54, 1.807) is 43.5 Å². The molecule has 0 saturated carbocycles. The number of hydrogen-bond acceptors (Lipinski definition) is 4. The van der Waals surface area contributed by atoms with E-state index in [1.807, 2.05) is 0 Å². The van der Waals surface area contributed by atoms with Crippen LogP contribution in [0.1, 0.15) is 21.7 Å². The van der Waals surface area contributed by atoms with Crippen LogP contribution in [-0.2, 0) is 7.05 Å². The first-order chi connectivity index (χ1) is 9.49. The average molecular weight is 272 g/mol. The van der Waals surface area contributed by atoms with Crippen LogP contribution in [0.25, 0.3) is 12.2 Å². The van der Waals surface area contributed by atoms with Gasteiger partial charge in [0.2, 0.25) is 11.7 Å². The van der Waals surface area contributed by atoms with Crippen LogP contribution in [0.2, 0.25) is 0 Å². The van der Waals surface area contributed by atoms with Crippen LogP contribution in [0.3, 0.4) is 0 Å². The summed E-state index contributed by atoms with van der Waals surface area (Å²) in [5, 5.41) is 10.7. The highest BCUT2D eigenvalue weighted by Crippen LogP contribution is 2.14. The van der Waals surface area contributed by atoms with Crippen molar-refractivity contribution in [2.45, 2.75) is 0 Å². The Morgan fingerprint density at radius 1 is 1.35 bits per heavy atom. The van der Waals surface area contributed by atoms with E-state index in [-0.39, 0.29) is 5.82 Å². The summed E-state index contributed by atoms with van der Waals surface area (Å²) in [6.07, 6.45) is 4.61. The largest absolute Gasteiger partial charge is 0.366 e. The van der Waals surface area contributed by atoms with Gasteiger partial charge in [0, 0.05) is 11.6 Å². The van der Waals surface area contributed by atoms with Crippen molar-refractivity contribution in [3.05, 3.63) is 57.5 Å². The van der Waals surface area contributed by atoms with Crippen LogP contribution >= 0.6 is 0 Å². The van der Waals surface area contributed by atoms with E-state index in [4.69, 9.17) is 5.73 Å². The maximum atomic E-state index is 10.9.